The highest BCUT2D eigenvalue weighted by Gasteiger charge is 2.24. The number of nitrogens with one attached hydrogen (secondary N) is 1. The van der Waals surface area contributed by atoms with Crippen molar-refractivity contribution in [1.82, 2.24) is 10.2 Å². The Bertz CT molecular complexity index is 969. The molecule has 178 valence electrons. The number of piperidine rings is 1. The third kappa shape index (κ3) is 6.09. The van der Waals surface area contributed by atoms with Gasteiger partial charge in [0.15, 0.2) is 23.0 Å². The van der Waals surface area contributed by atoms with Crippen LogP contribution in [0, 0.1) is 5.92 Å². The maximum Gasteiger partial charge on any atom is 0.253 e. The molecule has 0 aliphatic carbocycles. The van der Waals surface area contributed by atoms with E-state index in [0.29, 0.717) is 54.1 Å². The summed E-state index contributed by atoms with van der Waals surface area (Å²) in [6.45, 7) is 1.91. The van der Waals surface area contributed by atoms with Gasteiger partial charge in [0.25, 0.3) is 5.91 Å². The predicted molar refractivity (Wildman–Crippen MR) is 124 cm³/mol. The average molecular weight is 457 g/mol. The van der Waals surface area contributed by atoms with Gasteiger partial charge in [-0.25, -0.2) is 0 Å². The van der Waals surface area contributed by atoms with E-state index >= 15 is 0 Å². The summed E-state index contributed by atoms with van der Waals surface area (Å²) in [5, 5.41) is 3.03. The van der Waals surface area contributed by atoms with Gasteiger partial charge in [-0.2, -0.15) is 0 Å². The largest absolute Gasteiger partial charge is 0.493 e. The number of hydrogen-bond donors (Lipinski definition) is 1. The van der Waals surface area contributed by atoms with Crippen LogP contribution in [-0.2, 0) is 11.2 Å². The van der Waals surface area contributed by atoms with Gasteiger partial charge in [0, 0.05) is 25.2 Å². The van der Waals surface area contributed by atoms with E-state index in [2.05, 4.69) is 5.32 Å². The number of nitrogens with zero attached hydrogens (tertiary/aromatic N) is 1. The van der Waals surface area contributed by atoms with E-state index < -0.39 is 0 Å². The third-order valence-corrected chi connectivity index (χ3v) is 5.93. The van der Waals surface area contributed by atoms with Crippen LogP contribution in [0.1, 0.15) is 28.8 Å². The van der Waals surface area contributed by atoms with Crippen molar-refractivity contribution < 1.29 is 28.5 Å². The minimum absolute atomic E-state index is 0.0214. The standard InChI is InChI=1S/C25H32N2O6/c1-30-20-7-5-18(13-22(20)32-3)14-24(28)26-16-17-9-11-27(12-10-17)25(29)19-6-8-21(31-2)23(15-19)33-4/h5-8,13,15,17H,9-12,14,16H2,1-4H3,(H,26,28). The summed E-state index contributed by atoms with van der Waals surface area (Å²) in [6.07, 6.45) is 1.96. The first kappa shape index (κ1) is 24.2. The smallest absolute Gasteiger partial charge is 0.253 e. The van der Waals surface area contributed by atoms with Crippen LogP contribution < -0.4 is 24.3 Å². The van der Waals surface area contributed by atoms with Gasteiger partial charge in [0.05, 0.1) is 34.9 Å². The molecule has 1 N–H and O–H groups in total. The quantitative estimate of drug-likeness (QED) is 0.625. The van der Waals surface area contributed by atoms with Crippen molar-refractivity contribution in [3.05, 3.63) is 47.5 Å². The molecule has 1 heterocycles. The summed E-state index contributed by atoms with van der Waals surface area (Å²) in [4.78, 5) is 27.1. The normalized spacial score (nSPS) is 13.9. The number of carbonyl (C=O) groups is 2. The molecule has 8 heteroatoms. The van der Waals surface area contributed by atoms with Crippen LogP contribution in [0.3, 0.4) is 0 Å². The molecule has 2 aromatic rings. The van der Waals surface area contributed by atoms with Crippen LogP contribution in [0.4, 0.5) is 0 Å². The second kappa shape index (κ2) is 11.4. The predicted octanol–water partition coefficient (Wildman–Crippen LogP) is 2.93. The molecule has 33 heavy (non-hydrogen) atoms. The summed E-state index contributed by atoms with van der Waals surface area (Å²) in [6, 6.07) is 10.7. The molecule has 1 fully saturated rings. The van der Waals surface area contributed by atoms with E-state index in [1.165, 1.54) is 0 Å². The minimum atomic E-state index is -0.0361. The maximum atomic E-state index is 12.9. The van der Waals surface area contributed by atoms with Crippen LogP contribution in [0.25, 0.3) is 0 Å². The van der Waals surface area contributed by atoms with E-state index in [1.54, 1.807) is 52.7 Å². The van der Waals surface area contributed by atoms with Crippen LogP contribution in [0.5, 0.6) is 23.0 Å². The van der Waals surface area contributed by atoms with Crippen molar-refractivity contribution >= 4 is 11.8 Å². The second-order valence-corrected chi connectivity index (χ2v) is 7.98. The Labute approximate surface area is 194 Å². The lowest BCUT2D eigenvalue weighted by atomic mass is 9.96. The molecule has 1 saturated heterocycles. The molecule has 2 aromatic carbocycles. The topological polar surface area (TPSA) is 86.3 Å². The Morgan fingerprint density at radius 3 is 2.03 bits per heavy atom. The molecule has 3 rings (SSSR count). The number of amides is 2. The van der Waals surface area contributed by atoms with Gasteiger partial charge in [-0.05, 0) is 54.7 Å². The minimum Gasteiger partial charge on any atom is -0.493 e. The summed E-state index contributed by atoms with van der Waals surface area (Å²) in [7, 11) is 6.27. The fourth-order valence-corrected chi connectivity index (χ4v) is 3.99. The Balaban J connectivity index is 1.46. The Morgan fingerprint density at radius 1 is 0.848 bits per heavy atom. The number of hydrogen-bond acceptors (Lipinski definition) is 6. The van der Waals surface area contributed by atoms with Gasteiger partial charge in [-0.1, -0.05) is 6.07 Å². The Kier molecular flexibility index (Phi) is 8.40. The zero-order valence-electron chi connectivity index (χ0n) is 19.7. The Morgan fingerprint density at radius 2 is 1.42 bits per heavy atom. The van der Waals surface area contributed by atoms with E-state index in [0.717, 1.165) is 18.4 Å². The van der Waals surface area contributed by atoms with Crippen molar-refractivity contribution in [3.8, 4) is 23.0 Å². The SMILES string of the molecule is COc1ccc(CC(=O)NCC2CCN(C(=O)c3ccc(OC)c(OC)c3)CC2)cc1OC. The molecule has 0 saturated carbocycles. The van der Waals surface area contributed by atoms with Crippen LogP contribution >= 0.6 is 0 Å². The number of carbonyl (C=O) groups excluding carboxylic acids is 2. The molecule has 1 aliphatic heterocycles. The first-order valence-electron chi connectivity index (χ1n) is 11.0. The van der Waals surface area contributed by atoms with Crippen LogP contribution in [0.15, 0.2) is 36.4 Å². The highest BCUT2D eigenvalue weighted by atomic mass is 16.5. The second-order valence-electron chi connectivity index (χ2n) is 7.98. The first-order chi connectivity index (χ1) is 16.0. The summed E-state index contributed by atoms with van der Waals surface area (Å²) >= 11 is 0. The van der Waals surface area contributed by atoms with Gasteiger partial charge in [-0.15, -0.1) is 0 Å². The molecule has 0 aromatic heterocycles. The molecule has 0 atom stereocenters. The van der Waals surface area contributed by atoms with Crippen molar-refractivity contribution in [3.63, 3.8) is 0 Å². The molecule has 8 nitrogen and oxygen atoms in total. The van der Waals surface area contributed by atoms with Gasteiger partial charge in [0.1, 0.15) is 0 Å². The van der Waals surface area contributed by atoms with Crippen LogP contribution in [0.2, 0.25) is 0 Å². The molecule has 2 amide bonds. The number of ether oxygens (including phenoxy) is 4. The van der Waals surface area contributed by atoms with Crippen molar-refractivity contribution in [2.75, 3.05) is 48.1 Å². The van der Waals surface area contributed by atoms with Crippen molar-refractivity contribution in [1.29, 1.82) is 0 Å². The number of likely N-dealkylation sites (tertiary alicyclic amines) is 1. The summed E-state index contributed by atoms with van der Waals surface area (Å²) in [5.74, 6) is 2.66. The average Bonchev–Trinajstić information content (AvgIpc) is 2.86. The van der Waals surface area contributed by atoms with E-state index in [9.17, 15) is 9.59 Å². The van der Waals surface area contributed by atoms with Gasteiger partial charge >= 0.3 is 0 Å². The highest BCUT2D eigenvalue weighted by Crippen LogP contribution is 2.29. The monoisotopic (exact) mass is 456 g/mol. The lowest BCUT2D eigenvalue weighted by Gasteiger charge is -2.32. The van der Waals surface area contributed by atoms with Gasteiger partial charge < -0.3 is 29.2 Å². The fourth-order valence-electron chi connectivity index (χ4n) is 3.99. The zero-order chi connectivity index (χ0) is 23.8. The van der Waals surface area contributed by atoms with E-state index in [-0.39, 0.29) is 18.2 Å². The van der Waals surface area contributed by atoms with Crippen LogP contribution in [-0.4, -0.2) is 64.8 Å². The van der Waals surface area contributed by atoms with E-state index in [4.69, 9.17) is 18.9 Å². The molecule has 0 radical (unpaired) electrons. The molecule has 0 unspecified atom stereocenters. The number of rotatable bonds is 9. The molecule has 0 bridgehead atoms. The number of methoxy groups -OCH3 is 4. The molecular formula is C25H32N2O6. The molecule has 0 spiro atoms. The highest BCUT2D eigenvalue weighted by molar-refractivity contribution is 5.95. The third-order valence-electron chi connectivity index (χ3n) is 5.93. The summed E-state index contributed by atoms with van der Waals surface area (Å²) < 4.78 is 21.1. The van der Waals surface area contributed by atoms with Crippen molar-refractivity contribution in [2.45, 2.75) is 19.3 Å². The van der Waals surface area contributed by atoms with Gasteiger partial charge in [0.2, 0.25) is 5.91 Å². The lowest BCUT2D eigenvalue weighted by Crippen LogP contribution is -2.41. The summed E-state index contributed by atoms with van der Waals surface area (Å²) in [5.41, 5.74) is 1.44. The Hall–Kier alpha value is -3.42. The van der Waals surface area contributed by atoms with E-state index in [1.807, 2.05) is 17.0 Å². The zero-order valence-corrected chi connectivity index (χ0v) is 19.7. The maximum absolute atomic E-state index is 12.9. The van der Waals surface area contributed by atoms with Crippen molar-refractivity contribution in [2.24, 2.45) is 5.92 Å². The molecule has 1 aliphatic rings. The molecular weight excluding hydrogens is 424 g/mol. The number of benzene rings is 2. The fraction of sp³-hybridized carbons (Fsp3) is 0.440. The first-order valence-corrected chi connectivity index (χ1v) is 11.0. The lowest BCUT2D eigenvalue weighted by molar-refractivity contribution is -0.120. The van der Waals surface area contributed by atoms with Gasteiger partial charge in [-0.3, -0.25) is 9.59 Å².